The van der Waals surface area contributed by atoms with Crippen LogP contribution in [0, 0.1) is 0 Å². The van der Waals surface area contributed by atoms with E-state index in [1.807, 2.05) is 12.1 Å². The molecule has 2 aromatic carbocycles. The highest BCUT2D eigenvalue weighted by atomic mass is 16.5. The summed E-state index contributed by atoms with van der Waals surface area (Å²) in [5.74, 6) is 0.577. The van der Waals surface area contributed by atoms with Crippen LogP contribution in [0.25, 0.3) is 0 Å². The van der Waals surface area contributed by atoms with E-state index in [4.69, 9.17) is 14.2 Å². The van der Waals surface area contributed by atoms with Crippen molar-refractivity contribution in [3.05, 3.63) is 70.4 Å². The van der Waals surface area contributed by atoms with Crippen LogP contribution in [0.3, 0.4) is 0 Å². The molecule has 2 aliphatic rings. The van der Waals surface area contributed by atoms with Gasteiger partial charge < -0.3 is 24.8 Å². The van der Waals surface area contributed by atoms with E-state index in [0.29, 0.717) is 34.9 Å². The fourth-order valence-electron chi connectivity index (χ4n) is 4.29. The Morgan fingerprint density at radius 3 is 2.53 bits per heavy atom. The zero-order valence-electron chi connectivity index (χ0n) is 18.4. The highest BCUT2D eigenvalue weighted by Gasteiger charge is 2.35. The standard InChI is InChI=1S/C24H27N3O5/c1-30-19-9-8-16(12-20(19)31-2)22-21(23(28)32-3)18(25-24(29)26-22)14-27-11-10-15-6-4-5-7-17(15)13-27/h4-9,12,22H,10-11,13-14H2,1-3H3,(H2,25,26,29). The number of fused-ring (bicyclic) bond motifs is 1. The van der Waals surface area contributed by atoms with E-state index in [2.05, 4.69) is 27.7 Å². The first-order valence-corrected chi connectivity index (χ1v) is 10.4. The number of rotatable bonds is 6. The Balaban J connectivity index is 1.69. The topological polar surface area (TPSA) is 89.1 Å². The van der Waals surface area contributed by atoms with Crippen LogP contribution < -0.4 is 20.1 Å². The van der Waals surface area contributed by atoms with Gasteiger partial charge in [-0.2, -0.15) is 0 Å². The van der Waals surface area contributed by atoms with Crippen LogP contribution in [-0.4, -0.2) is 51.3 Å². The third-order valence-electron chi connectivity index (χ3n) is 5.89. The second kappa shape index (κ2) is 9.32. The van der Waals surface area contributed by atoms with E-state index in [1.165, 1.54) is 18.2 Å². The Bertz CT molecular complexity index is 1070. The largest absolute Gasteiger partial charge is 0.493 e. The van der Waals surface area contributed by atoms with Gasteiger partial charge in [0.05, 0.1) is 32.9 Å². The predicted molar refractivity (Wildman–Crippen MR) is 118 cm³/mol. The third kappa shape index (κ3) is 4.27. The molecule has 0 fully saturated rings. The van der Waals surface area contributed by atoms with Crippen LogP contribution >= 0.6 is 0 Å². The molecular weight excluding hydrogens is 410 g/mol. The van der Waals surface area contributed by atoms with Crippen molar-refractivity contribution in [2.75, 3.05) is 34.4 Å². The molecule has 8 heteroatoms. The van der Waals surface area contributed by atoms with Crippen molar-refractivity contribution in [3.63, 3.8) is 0 Å². The molecule has 2 amide bonds. The Labute approximate surface area is 187 Å². The number of hydrogen-bond donors (Lipinski definition) is 2. The van der Waals surface area contributed by atoms with Crippen LogP contribution in [0.5, 0.6) is 11.5 Å². The average molecular weight is 437 g/mol. The summed E-state index contributed by atoms with van der Waals surface area (Å²) < 4.78 is 15.8. The van der Waals surface area contributed by atoms with Crippen molar-refractivity contribution in [3.8, 4) is 11.5 Å². The molecule has 2 N–H and O–H groups in total. The maximum atomic E-state index is 12.8. The predicted octanol–water partition coefficient (Wildman–Crippen LogP) is 2.54. The smallest absolute Gasteiger partial charge is 0.338 e. The number of ether oxygens (including phenoxy) is 3. The van der Waals surface area contributed by atoms with Gasteiger partial charge in [-0.05, 0) is 35.2 Å². The second-order valence-corrected chi connectivity index (χ2v) is 7.76. The molecule has 32 heavy (non-hydrogen) atoms. The second-order valence-electron chi connectivity index (χ2n) is 7.76. The highest BCUT2D eigenvalue weighted by molar-refractivity contribution is 5.95. The number of carbonyl (C=O) groups excluding carboxylic acids is 2. The maximum Gasteiger partial charge on any atom is 0.338 e. The van der Waals surface area contributed by atoms with E-state index >= 15 is 0 Å². The van der Waals surface area contributed by atoms with Crippen molar-refractivity contribution in [2.24, 2.45) is 0 Å². The van der Waals surface area contributed by atoms with Crippen molar-refractivity contribution in [1.82, 2.24) is 15.5 Å². The summed E-state index contributed by atoms with van der Waals surface area (Å²) in [6.07, 6.45) is 0.919. The van der Waals surface area contributed by atoms with Crippen molar-refractivity contribution in [2.45, 2.75) is 19.0 Å². The number of nitrogens with zero attached hydrogens (tertiary/aromatic N) is 1. The summed E-state index contributed by atoms with van der Waals surface area (Å²) in [5, 5.41) is 5.68. The van der Waals surface area contributed by atoms with Gasteiger partial charge in [0.2, 0.25) is 0 Å². The van der Waals surface area contributed by atoms with Crippen LogP contribution in [0.4, 0.5) is 4.79 Å². The van der Waals surface area contributed by atoms with Gasteiger partial charge in [0.25, 0.3) is 0 Å². The van der Waals surface area contributed by atoms with Crippen LogP contribution in [0.15, 0.2) is 53.7 Å². The molecule has 8 nitrogen and oxygen atoms in total. The number of esters is 1. The molecule has 4 rings (SSSR count). The Hall–Kier alpha value is -3.52. The van der Waals surface area contributed by atoms with E-state index in [-0.39, 0.29) is 6.03 Å². The summed E-state index contributed by atoms with van der Waals surface area (Å²) in [6.45, 7) is 2.01. The van der Waals surface area contributed by atoms with Gasteiger partial charge in [0.1, 0.15) is 0 Å². The fraction of sp³-hybridized carbons (Fsp3) is 0.333. The molecule has 0 spiro atoms. The molecule has 0 aliphatic carbocycles. The van der Waals surface area contributed by atoms with Crippen LogP contribution in [0.2, 0.25) is 0 Å². The summed E-state index contributed by atoms with van der Waals surface area (Å²) in [5.41, 5.74) is 4.21. The first-order valence-electron chi connectivity index (χ1n) is 10.4. The summed E-state index contributed by atoms with van der Waals surface area (Å²) in [7, 11) is 4.43. The van der Waals surface area contributed by atoms with Gasteiger partial charge in [-0.25, -0.2) is 9.59 Å². The van der Waals surface area contributed by atoms with E-state index in [0.717, 1.165) is 19.5 Å². The van der Waals surface area contributed by atoms with Crippen LogP contribution in [0.1, 0.15) is 22.7 Å². The molecule has 168 valence electrons. The molecule has 0 bridgehead atoms. The van der Waals surface area contributed by atoms with Crippen molar-refractivity contribution < 1.29 is 23.8 Å². The lowest BCUT2D eigenvalue weighted by atomic mass is 9.94. The average Bonchev–Trinajstić information content (AvgIpc) is 2.82. The zero-order valence-corrected chi connectivity index (χ0v) is 18.4. The lowest BCUT2D eigenvalue weighted by Gasteiger charge is -2.34. The molecule has 0 saturated heterocycles. The minimum Gasteiger partial charge on any atom is -0.493 e. The number of amides is 2. The molecule has 0 radical (unpaired) electrons. The van der Waals surface area contributed by atoms with Gasteiger partial charge >= 0.3 is 12.0 Å². The molecule has 0 saturated carbocycles. The number of carbonyl (C=O) groups is 2. The van der Waals surface area contributed by atoms with Gasteiger partial charge in [-0.15, -0.1) is 0 Å². The molecule has 2 heterocycles. The number of benzene rings is 2. The third-order valence-corrected chi connectivity index (χ3v) is 5.89. The molecule has 0 aromatic heterocycles. The molecule has 1 unspecified atom stereocenters. The first-order chi connectivity index (χ1) is 15.5. The Kier molecular flexibility index (Phi) is 6.32. The number of hydrogen-bond acceptors (Lipinski definition) is 6. The SMILES string of the molecule is COC(=O)C1=C(CN2CCc3ccccc3C2)NC(=O)NC1c1ccc(OC)c(OC)c1. The van der Waals surface area contributed by atoms with E-state index < -0.39 is 12.0 Å². The van der Waals surface area contributed by atoms with Gasteiger partial charge in [0.15, 0.2) is 11.5 Å². The van der Waals surface area contributed by atoms with Crippen molar-refractivity contribution in [1.29, 1.82) is 0 Å². The minimum atomic E-state index is -0.678. The minimum absolute atomic E-state index is 0.371. The normalized spacial score (nSPS) is 18.3. The lowest BCUT2D eigenvalue weighted by molar-refractivity contribution is -0.136. The fourth-order valence-corrected chi connectivity index (χ4v) is 4.29. The summed E-state index contributed by atoms with van der Waals surface area (Å²) in [6, 6.07) is 12.6. The van der Waals surface area contributed by atoms with Gasteiger partial charge in [0, 0.05) is 25.3 Å². The summed E-state index contributed by atoms with van der Waals surface area (Å²) in [4.78, 5) is 27.6. The van der Waals surface area contributed by atoms with Crippen LogP contribution in [-0.2, 0) is 22.5 Å². The molecule has 2 aromatic rings. The number of urea groups is 1. The van der Waals surface area contributed by atoms with Gasteiger partial charge in [-0.1, -0.05) is 30.3 Å². The van der Waals surface area contributed by atoms with Gasteiger partial charge in [-0.3, -0.25) is 4.90 Å². The van der Waals surface area contributed by atoms with E-state index in [1.54, 1.807) is 32.4 Å². The number of nitrogens with one attached hydrogen (secondary N) is 2. The quantitative estimate of drug-likeness (QED) is 0.676. The zero-order chi connectivity index (χ0) is 22.7. The highest BCUT2D eigenvalue weighted by Crippen LogP contribution is 2.34. The molecule has 1 atom stereocenters. The lowest BCUT2D eigenvalue weighted by Crippen LogP contribution is -2.48. The number of methoxy groups -OCH3 is 3. The summed E-state index contributed by atoms with van der Waals surface area (Å²) >= 11 is 0. The Morgan fingerprint density at radius 2 is 1.81 bits per heavy atom. The first kappa shape index (κ1) is 21.7. The Morgan fingerprint density at radius 1 is 1.06 bits per heavy atom. The monoisotopic (exact) mass is 437 g/mol. The van der Waals surface area contributed by atoms with Crippen molar-refractivity contribution >= 4 is 12.0 Å². The molecular formula is C24H27N3O5. The maximum absolute atomic E-state index is 12.8. The molecule has 2 aliphatic heterocycles. The van der Waals surface area contributed by atoms with E-state index in [9.17, 15) is 9.59 Å².